The topological polar surface area (TPSA) is 24.4 Å². The van der Waals surface area contributed by atoms with Gasteiger partial charge < -0.3 is 5.32 Å². The Morgan fingerprint density at radius 3 is 2.57 bits per heavy atom. The van der Waals surface area contributed by atoms with Crippen LogP contribution in [0.3, 0.4) is 0 Å². The summed E-state index contributed by atoms with van der Waals surface area (Å²) in [4.78, 5) is 4.46. The Balaban J connectivity index is 1.89. The predicted molar refractivity (Wildman–Crippen MR) is 62.9 cm³/mol. The van der Waals surface area contributed by atoms with Gasteiger partial charge in [-0.15, -0.1) is 0 Å². The molecule has 0 saturated heterocycles. The zero-order valence-corrected chi connectivity index (χ0v) is 9.68. The molecule has 0 fully saturated rings. The first-order valence-electron chi connectivity index (χ1n) is 6.12. The molecule has 14 heavy (non-hydrogen) atoms. The summed E-state index contributed by atoms with van der Waals surface area (Å²) in [5.74, 6) is 1.24. The van der Waals surface area contributed by atoms with Gasteiger partial charge in [-0.2, -0.15) is 0 Å². The second-order valence-corrected chi connectivity index (χ2v) is 4.35. The third kappa shape index (κ3) is 4.64. The van der Waals surface area contributed by atoms with Gasteiger partial charge in [0.1, 0.15) is 0 Å². The van der Waals surface area contributed by atoms with E-state index in [2.05, 4.69) is 24.2 Å². The number of rotatable bonds is 7. The molecule has 0 aromatic heterocycles. The van der Waals surface area contributed by atoms with Crippen molar-refractivity contribution in [3.05, 3.63) is 0 Å². The first-order valence-corrected chi connectivity index (χ1v) is 6.12. The molecular formula is C12H24N2. The van der Waals surface area contributed by atoms with Gasteiger partial charge >= 0.3 is 0 Å². The molecule has 1 N–H and O–H groups in total. The number of aliphatic imine (C=N–C) groups is 1. The Bertz CT molecular complexity index is 175. The van der Waals surface area contributed by atoms with Crippen LogP contribution in [-0.4, -0.2) is 18.4 Å². The smallest absolute Gasteiger partial charge is 0.0966 e. The lowest BCUT2D eigenvalue weighted by atomic mass is 10.1. The zero-order valence-electron chi connectivity index (χ0n) is 9.68. The Hall–Kier alpha value is -0.530. The van der Waals surface area contributed by atoms with Gasteiger partial charge in [0.2, 0.25) is 0 Å². The molecule has 0 amide bonds. The highest BCUT2D eigenvalue weighted by molar-refractivity contribution is 5.83. The third-order valence-corrected chi connectivity index (χ3v) is 2.74. The van der Waals surface area contributed by atoms with Crippen LogP contribution < -0.4 is 5.32 Å². The van der Waals surface area contributed by atoms with Gasteiger partial charge in [0.05, 0.1) is 12.4 Å². The molecule has 1 unspecified atom stereocenters. The van der Waals surface area contributed by atoms with E-state index in [1.54, 1.807) is 0 Å². The van der Waals surface area contributed by atoms with Crippen LogP contribution in [0.2, 0.25) is 0 Å². The van der Waals surface area contributed by atoms with Crippen molar-refractivity contribution in [3.8, 4) is 0 Å². The van der Waals surface area contributed by atoms with Crippen LogP contribution in [0, 0.1) is 0 Å². The molecular weight excluding hydrogens is 172 g/mol. The Morgan fingerprint density at radius 1 is 1.21 bits per heavy atom. The molecule has 0 saturated carbocycles. The molecule has 82 valence electrons. The van der Waals surface area contributed by atoms with Crippen LogP contribution in [0.15, 0.2) is 4.99 Å². The fourth-order valence-corrected chi connectivity index (χ4v) is 1.85. The molecule has 2 nitrogen and oxygen atoms in total. The van der Waals surface area contributed by atoms with E-state index in [4.69, 9.17) is 0 Å². The fourth-order valence-electron chi connectivity index (χ4n) is 1.85. The van der Waals surface area contributed by atoms with E-state index in [1.165, 1.54) is 44.4 Å². The first-order chi connectivity index (χ1) is 6.83. The van der Waals surface area contributed by atoms with Crippen LogP contribution >= 0.6 is 0 Å². The minimum Gasteiger partial charge on any atom is -0.370 e. The lowest BCUT2D eigenvalue weighted by Crippen LogP contribution is -2.26. The van der Waals surface area contributed by atoms with Crippen molar-refractivity contribution >= 4 is 5.84 Å². The number of hydrogen-bond acceptors (Lipinski definition) is 2. The molecule has 2 heteroatoms. The molecule has 1 heterocycles. The van der Waals surface area contributed by atoms with E-state index >= 15 is 0 Å². The second-order valence-electron chi connectivity index (χ2n) is 4.35. The van der Waals surface area contributed by atoms with E-state index in [-0.39, 0.29) is 0 Å². The summed E-state index contributed by atoms with van der Waals surface area (Å²) in [7, 11) is 0. The average molecular weight is 196 g/mol. The molecule has 1 atom stereocenters. The normalized spacial score (nSPS) is 20.7. The summed E-state index contributed by atoms with van der Waals surface area (Å²) in [5.41, 5.74) is 0. The van der Waals surface area contributed by atoms with Gasteiger partial charge in [-0.3, -0.25) is 4.99 Å². The number of amidine groups is 1. The lowest BCUT2D eigenvalue weighted by Gasteiger charge is -2.05. The summed E-state index contributed by atoms with van der Waals surface area (Å²) >= 11 is 0. The van der Waals surface area contributed by atoms with Crippen molar-refractivity contribution in [1.82, 2.24) is 5.32 Å². The van der Waals surface area contributed by atoms with Crippen molar-refractivity contribution in [1.29, 1.82) is 0 Å². The lowest BCUT2D eigenvalue weighted by molar-refractivity contribution is 0.612. The summed E-state index contributed by atoms with van der Waals surface area (Å²) in [6, 6.07) is 0.574. The Morgan fingerprint density at radius 2 is 1.93 bits per heavy atom. The van der Waals surface area contributed by atoms with Crippen molar-refractivity contribution in [2.75, 3.05) is 6.54 Å². The number of hydrogen-bond donors (Lipinski definition) is 1. The Kier molecular flexibility index (Phi) is 5.65. The van der Waals surface area contributed by atoms with E-state index in [0.29, 0.717) is 6.04 Å². The molecule has 1 aliphatic heterocycles. The molecule has 0 aromatic rings. The van der Waals surface area contributed by atoms with Gasteiger partial charge in [-0.25, -0.2) is 0 Å². The van der Waals surface area contributed by atoms with Gasteiger partial charge in [0.25, 0.3) is 0 Å². The van der Waals surface area contributed by atoms with E-state index < -0.39 is 0 Å². The number of unbranched alkanes of at least 4 members (excludes halogenated alkanes) is 5. The van der Waals surface area contributed by atoms with Gasteiger partial charge in [-0.1, -0.05) is 39.0 Å². The summed E-state index contributed by atoms with van der Waals surface area (Å²) < 4.78 is 0. The van der Waals surface area contributed by atoms with Crippen LogP contribution in [0.1, 0.15) is 58.8 Å². The van der Waals surface area contributed by atoms with E-state index in [0.717, 1.165) is 13.0 Å². The van der Waals surface area contributed by atoms with Crippen LogP contribution in [0.25, 0.3) is 0 Å². The highest BCUT2D eigenvalue weighted by atomic mass is 15.1. The average Bonchev–Trinajstić information content (AvgIpc) is 2.58. The Labute approximate surface area is 88.2 Å². The quantitative estimate of drug-likeness (QED) is 0.622. The van der Waals surface area contributed by atoms with Crippen molar-refractivity contribution in [2.45, 2.75) is 64.8 Å². The summed E-state index contributed by atoms with van der Waals surface area (Å²) in [6.45, 7) is 5.43. The van der Waals surface area contributed by atoms with Crippen molar-refractivity contribution < 1.29 is 0 Å². The molecule has 0 aliphatic carbocycles. The largest absolute Gasteiger partial charge is 0.370 e. The van der Waals surface area contributed by atoms with Crippen LogP contribution in [0.4, 0.5) is 0 Å². The maximum atomic E-state index is 4.46. The third-order valence-electron chi connectivity index (χ3n) is 2.74. The SMILES string of the molecule is CCCCCCCCC1=NCC(C)N1. The van der Waals surface area contributed by atoms with Crippen LogP contribution in [-0.2, 0) is 0 Å². The van der Waals surface area contributed by atoms with Gasteiger partial charge in [-0.05, 0) is 13.3 Å². The van der Waals surface area contributed by atoms with Crippen LogP contribution in [0.5, 0.6) is 0 Å². The fraction of sp³-hybridized carbons (Fsp3) is 0.917. The molecule has 1 rings (SSSR count). The summed E-state index contributed by atoms with van der Waals surface area (Å²) in [6.07, 6.45) is 9.39. The number of nitrogens with zero attached hydrogens (tertiary/aromatic N) is 1. The maximum Gasteiger partial charge on any atom is 0.0966 e. The number of nitrogens with one attached hydrogen (secondary N) is 1. The molecule has 1 aliphatic rings. The van der Waals surface area contributed by atoms with Gasteiger partial charge in [0, 0.05) is 12.5 Å². The standard InChI is InChI=1S/C12H24N2/c1-3-4-5-6-7-8-9-12-13-10-11(2)14-12/h11H,3-10H2,1-2H3,(H,13,14). The molecule has 0 bridgehead atoms. The zero-order chi connectivity index (χ0) is 10.2. The predicted octanol–water partition coefficient (Wildman–Crippen LogP) is 3.13. The molecule has 0 aromatic carbocycles. The first kappa shape index (κ1) is 11.5. The molecule has 0 radical (unpaired) electrons. The highest BCUT2D eigenvalue weighted by Crippen LogP contribution is 2.08. The molecule has 0 spiro atoms. The summed E-state index contributed by atoms with van der Waals surface area (Å²) in [5, 5.41) is 3.41. The monoisotopic (exact) mass is 196 g/mol. The highest BCUT2D eigenvalue weighted by Gasteiger charge is 2.10. The maximum absolute atomic E-state index is 4.46. The van der Waals surface area contributed by atoms with E-state index in [9.17, 15) is 0 Å². The van der Waals surface area contributed by atoms with Gasteiger partial charge in [0.15, 0.2) is 0 Å². The second kappa shape index (κ2) is 6.86. The van der Waals surface area contributed by atoms with E-state index in [1.807, 2.05) is 0 Å². The van der Waals surface area contributed by atoms with Crippen molar-refractivity contribution in [2.24, 2.45) is 4.99 Å². The van der Waals surface area contributed by atoms with Crippen molar-refractivity contribution in [3.63, 3.8) is 0 Å². The minimum absolute atomic E-state index is 0.574. The minimum atomic E-state index is 0.574.